The van der Waals surface area contributed by atoms with Crippen molar-refractivity contribution in [2.24, 2.45) is 0 Å². The number of nitrogens with zero attached hydrogens (tertiary/aromatic N) is 1. The average molecular weight is 1230 g/mol. The van der Waals surface area contributed by atoms with E-state index in [4.69, 9.17) is 13.8 Å². The standard InChI is InChI=1S/C76H145N2O7P/c1-7-10-13-16-19-22-25-28-30-32-34-36-38-39-41-42-44-46-48-50-53-56-59-62-65-68-75(79)77-73(72-84-86(81,82)83-71-70-78(4,5)6)74(67-64-61-58-55-52-27-24-21-18-15-12-9-3)85-76(80)69-66-63-60-57-54-51-49-47-45-43-40-37-35-33-31-29-26-23-20-17-14-11-8-2/h20,23,28-31,64,67,73-74H,7-19,21-22,24-27,32-63,65-66,68-72H2,1-6H3,(H-,77,79,81,82)/p+1/b23-20-,30-28+,31-29-,67-64+. The van der Waals surface area contributed by atoms with E-state index in [1.807, 2.05) is 33.3 Å². The fourth-order valence-electron chi connectivity index (χ4n) is 11.2. The molecule has 0 heterocycles. The Bertz CT molecular complexity index is 1610. The number of amides is 1. The van der Waals surface area contributed by atoms with Gasteiger partial charge in [0.25, 0.3) is 0 Å². The van der Waals surface area contributed by atoms with E-state index >= 15 is 0 Å². The first-order chi connectivity index (χ1) is 41.9. The lowest BCUT2D eigenvalue weighted by molar-refractivity contribution is -0.870. The van der Waals surface area contributed by atoms with E-state index in [0.717, 1.165) is 64.2 Å². The maximum atomic E-state index is 13.6. The molecule has 0 spiro atoms. The van der Waals surface area contributed by atoms with Gasteiger partial charge in [0, 0.05) is 12.8 Å². The highest BCUT2D eigenvalue weighted by Gasteiger charge is 2.30. The molecule has 86 heavy (non-hydrogen) atoms. The SMILES string of the molecule is CCCCC/C=C\C/C=C\CCCCCCCCCCCCCCCC(=O)OC(/C=C/CCCCCCCCCCCC)C(COP(=O)(O)OCC[N+](C)(C)C)NC(=O)CCCCCCCCCCCCCCCCC/C=C/CCCCCCCC. The molecule has 0 fully saturated rings. The summed E-state index contributed by atoms with van der Waals surface area (Å²) in [5.74, 6) is -0.487. The molecule has 3 atom stereocenters. The topological polar surface area (TPSA) is 111 Å². The van der Waals surface area contributed by atoms with Gasteiger partial charge in [0.1, 0.15) is 19.3 Å². The van der Waals surface area contributed by atoms with Gasteiger partial charge in [-0.1, -0.05) is 320 Å². The molecule has 0 saturated carbocycles. The Balaban J connectivity index is 4.98. The number of rotatable bonds is 69. The van der Waals surface area contributed by atoms with Crippen LogP contribution in [-0.4, -0.2) is 74.3 Å². The largest absolute Gasteiger partial charge is 0.472 e. The lowest BCUT2D eigenvalue weighted by atomic mass is 10.0. The summed E-state index contributed by atoms with van der Waals surface area (Å²) in [4.78, 5) is 38.0. The number of unbranched alkanes of at least 4 members (excludes halogenated alkanes) is 47. The Morgan fingerprint density at radius 2 is 0.709 bits per heavy atom. The van der Waals surface area contributed by atoms with Crippen molar-refractivity contribution >= 4 is 19.7 Å². The molecule has 0 aromatic heterocycles. The number of phosphoric ester groups is 1. The van der Waals surface area contributed by atoms with Crippen molar-refractivity contribution in [3.05, 3.63) is 48.6 Å². The number of nitrogens with one attached hydrogen (secondary N) is 1. The number of ether oxygens (including phenoxy) is 1. The number of esters is 1. The zero-order chi connectivity index (χ0) is 62.8. The summed E-state index contributed by atoms with van der Waals surface area (Å²) in [5.41, 5.74) is 0. The fraction of sp³-hybridized carbons (Fsp3) is 0.868. The second-order valence-corrected chi connectivity index (χ2v) is 28.3. The highest BCUT2D eigenvalue weighted by atomic mass is 31.2. The maximum absolute atomic E-state index is 13.6. The molecule has 2 N–H and O–H groups in total. The third kappa shape index (κ3) is 66.4. The first-order valence-corrected chi connectivity index (χ1v) is 39.0. The number of quaternary nitrogens is 1. The summed E-state index contributed by atoms with van der Waals surface area (Å²) >= 11 is 0. The van der Waals surface area contributed by atoms with Crippen LogP contribution in [0.5, 0.6) is 0 Å². The van der Waals surface area contributed by atoms with Gasteiger partial charge in [0.05, 0.1) is 33.8 Å². The van der Waals surface area contributed by atoms with Crippen LogP contribution in [0.3, 0.4) is 0 Å². The van der Waals surface area contributed by atoms with Crippen molar-refractivity contribution in [2.75, 3.05) is 40.9 Å². The lowest BCUT2D eigenvalue weighted by Gasteiger charge is -2.27. The predicted molar refractivity (Wildman–Crippen MR) is 374 cm³/mol. The van der Waals surface area contributed by atoms with Crippen LogP contribution in [0, 0.1) is 0 Å². The number of hydrogen-bond acceptors (Lipinski definition) is 6. The van der Waals surface area contributed by atoms with Crippen LogP contribution < -0.4 is 5.32 Å². The van der Waals surface area contributed by atoms with Gasteiger partial charge in [-0.15, -0.1) is 0 Å². The van der Waals surface area contributed by atoms with E-state index in [0.29, 0.717) is 23.9 Å². The third-order valence-electron chi connectivity index (χ3n) is 17.0. The van der Waals surface area contributed by atoms with Crippen LogP contribution in [0.4, 0.5) is 0 Å². The summed E-state index contributed by atoms with van der Waals surface area (Å²) < 4.78 is 30.9. The number of carbonyl (C=O) groups is 2. The molecule has 1 amide bonds. The Morgan fingerprint density at radius 3 is 1.08 bits per heavy atom. The van der Waals surface area contributed by atoms with Crippen LogP contribution in [0.25, 0.3) is 0 Å². The quantitative estimate of drug-likeness (QED) is 0.0205. The van der Waals surface area contributed by atoms with Gasteiger partial charge < -0.3 is 19.4 Å². The van der Waals surface area contributed by atoms with Crippen molar-refractivity contribution in [3.63, 3.8) is 0 Å². The van der Waals surface area contributed by atoms with Gasteiger partial charge >= 0.3 is 13.8 Å². The number of hydrogen-bond donors (Lipinski definition) is 2. The average Bonchev–Trinajstić information content (AvgIpc) is 3.69. The predicted octanol–water partition coefficient (Wildman–Crippen LogP) is 24.0. The van der Waals surface area contributed by atoms with Crippen molar-refractivity contribution in [1.29, 1.82) is 0 Å². The van der Waals surface area contributed by atoms with Crippen molar-refractivity contribution in [3.8, 4) is 0 Å². The summed E-state index contributed by atoms with van der Waals surface area (Å²) in [7, 11) is 1.51. The van der Waals surface area contributed by atoms with Crippen LogP contribution in [0.2, 0.25) is 0 Å². The first-order valence-electron chi connectivity index (χ1n) is 37.5. The van der Waals surface area contributed by atoms with E-state index in [9.17, 15) is 19.0 Å². The fourth-order valence-corrected chi connectivity index (χ4v) is 11.9. The highest BCUT2D eigenvalue weighted by Crippen LogP contribution is 2.43. The van der Waals surface area contributed by atoms with Crippen molar-refractivity contribution in [1.82, 2.24) is 5.32 Å². The minimum atomic E-state index is -4.45. The molecule has 9 nitrogen and oxygen atoms in total. The molecule has 0 aromatic carbocycles. The maximum Gasteiger partial charge on any atom is 0.472 e. The Hall–Kier alpha value is -2.03. The second kappa shape index (κ2) is 65.9. The molecular formula is C76H146N2O7P+. The number of carbonyl (C=O) groups excluding carboxylic acids is 2. The zero-order valence-corrected chi connectivity index (χ0v) is 59.0. The van der Waals surface area contributed by atoms with Gasteiger partial charge in [-0.05, 0) is 89.5 Å². The van der Waals surface area contributed by atoms with E-state index < -0.39 is 20.0 Å². The lowest BCUT2D eigenvalue weighted by Crippen LogP contribution is -2.47. The third-order valence-corrected chi connectivity index (χ3v) is 18.0. The van der Waals surface area contributed by atoms with Gasteiger partial charge in [-0.2, -0.15) is 0 Å². The van der Waals surface area contributed by atoms with Gasteiger partial charge in [0.2, 0.25) is 5.91 Å². The normalized spacial score (nSPS) is 13.7. The molecular weight excluding hydrogens is 1080 g/mol. The summed E-state index contributed by atoms with van der Waals surface area (Å²) in [6, 6.07) is -0.848. The molecule has 0 bridgehead atoms. The van der Waals surface area contributed by atoms with Gasteiger partial charge in [0.15, 0.2) is 0 Å². The van der Waals surface area contributed by atoms with Gasteiger partial charge in [-0.25, -0.2) is 4.57 Å². The summed E-state index contributed by atoms with van der Waals surface area (Å²) in [6.07, 6.45) is 84.2. The zero-order valence-electron chi connectivity index (χ0n) is 58.1. The number of likely N-dealkylation sites (N-methyl/N-ethyl adjacent to an activating group) is 1. The van der Waals surface area contributed by atoms with Gasteiger partial charge in [-0.3, -0.25) is 18.6 Å². The van der Waals surface area contributed by atoms with E-state index in [-0.39, 0.29) is 25.1 Å². The van der Waals surface area contributed by atoms with Crippen LogP contribution in [-0.2, 0) is 27.9 Å². The Morgan fingerprint density at radius 1 is 0.407 bits per heavy atom. The molecule has 0 aliphatic rings. The Kier molecular flexibility index (Phi) is 64.4. The first kappa shape index (κ1) is 84.0. The summed E-state index contributed by atoms with van der Waals surface area (Å²) in [5, 5.41) is 3.08. The Labute approximate surface area is 535 Å². The minimum Gasteiger partial charge on any atom is -0.456 e. The van der Waals surface area contributed by atoms with E-state index in [1.165, 1.54) is 276 Å². The van der Waals surface area contributed by atoms with Crippen molar-refractivity contribution < 1.29 is 37.3 Å². The molecule has 10 heteroatoms. The summed E-state index contributed by atoms with van der Waals surface area (Å²) in [6.45, 7) is 7.04. The molecule has 0 aliphatic heterocycles. The van der Waals surface area contributed by atoms with Crippen molar-refractivity contribution in [2.45, 2.75) is 386 Å². The highest BCUT2D eigenvalue weighted by molar-refractivity contribution is 7.47. The molecule has 0 rings (SSSR count). The van der Waals surface area contributed by atoms with E-state index in [2.05, 4.69) is 62.5 Å². The van der Waals surface area contributed by atoms with E-state index in [1.54, 1.807) is 0 Å². The number of phosphoric acid groups is 1. The minimum absolute atomic E-state index is 0.0421. The smallest absolute Gasteiger partial charge is 0.456 e. The molecule has 0 aliphatic carbocycles. The van der Waals surface area contributed by atoms with Crippen LogP contribution in [0.15, 0.2) is 48.6 Å². The second-order valence-electron chi connectivity index (χ2n) is 26.8. The molecule has 0 aromatic rings. The molecule has 0 radical (unpaired) electrons. The van der Waals surface area contributed by atoms with Crippen LogP contribution >= 0.6 is 7.82 Å². The molecule has 3 unspecified atom stereocenters. The van der Waals surface area contributed by atoms with Crippen LogP contribution in [0.1, 0.15) is 374 Å². The molecule has 0 saturated heterocycles. The molecule has 506 valence electrons. The monoisotopic (exact) mass is 1230 g/mol. The number of allylic oxidation sites excluding steroid dienone is 7.